The number of likely N-dealkylation sites (N-methyl/N-ethyl adjacent to an activating group) is 1. The first-order chi connectivity index (χ1) is 31.5. The van der Waals surface area contributed by atoms with Gasteiger partial charge in [0.25, 0.3) is 0 Å². The zero-order valence-corrected chi connectivity index (χ0v) is 41.6. The molecule has 4 rings (SSSR count). The van der Waals surface area contributed by atoms with E-state index in [4.69, 9.17) is 47.4 Å². The smallest absolute Gasteiger partial charge is 0.308 e. The second-order valence-corrected chi connectivity index (χ2v) is 19.3. The number of allylic oxidation sites excluding steroid dienone is 3. The third-order valence-electron chi connectivity index (χ3n) is 13.7. The van der Waals surface area contributed by atoms with Gasteiger partial charge in [0.1, 0.15) is 42.9 Å². The fourth-order valence-corrected chi connectivity index (χ4v) is 9.80. The van der Waals surface area contributed by atoms with Crippen LogP contribution in [-0.2, 0) is 66.5 Å². The Kier molecular flexibility index (Phi) is 21.5. The summed E-state index contributed by atoms with van der Waals surface area (Å²) in [4.78, 5) is 54.7. The van der Waals surface area contributed by atoms with Crippen LogP contribution in [0.3, 0.4) is 0 Å². The fourth-order valence-electron chi connectivity index (χ4n) is 9.80. The molecule has 0 aromatic rings. The van der Waals surface area contributed by atoms with Crippen molar-refractivity contribution in [2.45, 2.75) is 198 Å². The lowest BCUT2D eigenvalue weighted by Crippen LogP contribution is -2.66. The minimum Gasteiger partial charge on any atom is -0.462 e. The van der Waals surface area contributed by atoms with Crippen LogP contribution in [0.15, 0.2) is 23.8 Å². The van der Waals surface area contributed by atoms with Crippen molar-refractivity contribution in [2.24, 2.45) is 23.7 Å². The van der Waals surface area contributed by atoms with Crippen molar-refractivity contribution in [1.29, 1.82) is 0 Å². The van der Waals surface area contributed by atoms with E-state index in [-0.39, 0.29) is 31.7 Å². The number of ketones is 1. The molecule has 0 aromatic carbocycles. The quantitative estimate of drug-likeness (QED) is 0.144. The minimum absolute atomic E-state index is 0.0206. The Morgan fingerprint density at radius 3 is 2.13 bits per heavy atom. The van der Waals surface area contributed by atoms with Crippen LogP contribution in [0.4, 0.5) is 0 Å². The van der Waals surface area contributed by atoms with Gasteiger partial charge in [-0.1, -0.05) is 38.5 Å². The van der Waals surface area contributed by atoms with Gasteiger partial charge in [0.05, 0.1) is 55.2 Å². The third-order valence-corrected chi connectivity index (χ3v) is 13.7. The number of hydrogen-bond donors (Lipinski definition) is 4. The van der Waals surface area contributed by atoms with Gasteiger partial charge in [0.15, 0.2) is 30.8 Å². The molecule has 0 spiro atoms. The molecule has 0 saturated carbocycles. The molecule has 4 N–H and O–H groups in total. The molecular formula is C48H79NO18. The average Bonchev–Trinajstić information content (AvgIpc) is 3.25. The van der Waals surface area contributed by atoms with E-state index < -0.39 is 146 Å². The highest BCUT2D eigenvalue weighted by Crippen LogP contribution is 2.38. The van der Waals surface area contributed by atoms with Gasteiger partial charge in [0.2, 0.25) is 0 Å². The molecule has 4 aliphatic rings. The first-order valence-corrected chi connectivity index (χ1v) is 23.6. The topological polar surface area (TPSA) is 245 Å². The van der Waals surface area contributed by atoms with Gasteiger partial charge in [0, 0.05) is 51.7 Å². The summed E-state index contributed by atoms with van der Waals surface area (Å²) in [7, 11) is 6.44. The van der Waals surface area contributed by atoms with E-state index in [1.807, 2.05) is 13.0 Å². The molecule has 19 heteroatoms. The van der Waals surface area contributed by atoms with Crippen LogP contribution < -0.4 is 0 Å². The number of cyclic esters (lactones) is 1. The van der Waals surface area contributed by atoms with E-state index >= 15 is 0 Å². The maximum atomic E-state index is 13.9. The maximum Gasteiger partial charge on any atom is 0.308 e. The predicted octanol–water partition coefficient (Wildman–Crippen LogP) is 2.40. The van der Waals surface area contributed by atoms with Crippen molar-refractivity contribution in [1.82, 2.24) is 4.90 Å². The number of carbonyl (C=O) groups is 4. The molecule has 3 fully saturated rings. The standard InChI is InChI=1S/C48H79NO18/c1-14-35-32(23-60-46-44(59-13)43(58-12)39(55)27(5)62-46)19-24(2)15-16-33(52)25(3)20-31(17-18-50)40(26(4)34(53)21-36(54)65-35)67-47-42(64-30(8)51)38(49(10)11)41(28(6)63-47)66-37-22-48(9,57)45(56)29(7)61-37/h15-16,18-19,25-29,31-32,34-35,37-47,53,55-57H,14,17,20-23H2,1-13H3/t25-,26+,27-,28-,29+,31+,32-,34-,35-,37+,38+,39-,40-,41-,42-,43-,44-,45+,46-,47+,48-/m1/s1. The molecule has 19 nitrogen and oxygen atoms in total. The van der Waals surface area contributed by atoms with E-state index in [1.54, 1.807) is 66.6 Å². The lowest BCUT2D eigenvalue weighted by molar-refractivity contribution is -0.342. The Labute approximate surface area is 395 Å². The molecule has 0 aromatic heterocycles. The molecule has 0 amide bonds. The summed E-state index contributed by atoms with van der Waals surface area (Å²) < 4.78 is 61.2. The van der Waals surface area contributed by atoms with Crippen molar-refractivity contribution in [3.63, 3.8) is 0 Å². The molecule has 4 heterocycles. The molecule has 0 aliphatic carbocycles. The summed E-state index contributed by atoms with van der Waals surface area (Å²) in [6.45, 7) is 14.8. The van der Waals surface area contributed by atoms with Crippen LogP contribution in [0.25, 0.3) is 0 Å². The van der Waals surface area contributed by atoms with Crippen molar-refractivity contribution >= 4 is 24.0 Å². The zero-order chi connectivity index (χ0) is 50.1. The number of hydrogen-bond acceptors (Lipinski definition) is 19. The summed E-state index contributed by atoms with van der Waals surface area (Å²) in [5, 5.41) is 44.1. The molecule has 3 saturated heterocycles. The Hall–Kier alpha value is -2.76. The highest BCUT2D eigenvalue weighted by atomic mass is 16.7. The number of rotatable bonds is 14. The highest BCUT2D eigenvalue weighted by Gasteiger charge is 2.53. The number of nitrogens with zero attached hydrogens (tertiary/aromatic N) is 1. The van der Waals surface area contributed by atoms with Crippen LogP contribution in [0.2, 0.25) is 0 Å². The van der Waals surface area contributed by atoms with E-state index in [1.165, 1.54) is 34.1 Å². The molecule has 0 unspecified atom stereocenters. The van der Waals surface area contributed by atoms with Crippen LogP contribution in [-0.4, -0.2) is 188 Å². The number of aldehydes is 1. The largest absolute Gasteiger partial charge is 0.462 e. The SMILES string of the molecule is CC[C@H]1OC(=O)C[C@@H](O)[C@H](C)[C@@H](O[C@@H]2O[C@H](C)[C@@H](O[C@H]3C[C@@](C)(O)[C@@H](O)[C@H](C)O3)[C@H](N(C)C)[C@H]2OC(C)=O)[C@@H](CC=O)C[C@@H](C)C(=O)C=CC(C)=C[C@@H]1CO[C@@H]1O[C@H](C)[C@@H](O)[C@@H](OC)[C@H]1OC. The van der Waals surface area contributed by atoms with Crippen LogP contribution in [0.1, 0.15) is 94.4 Å². The Balaban J connectivity index is 1.68. The Bertz CT molecular complexity index is 1670. The molecule has 384 valence electrons. The van der Waals surface area contributed by atoms with Gasteiger partial charge >= 0.3 is 11.9 Å². The van der Waals surface area contributed by atoms with E-state index in [2.05, 4.69) is 0 Å². The van der Waals surface area contributed by atoms with Gasteiger partial charge in [-0.3, -0.25) is 14.4 Å². The van der Waals surface area contributed by atoms with Gasteiger partial charge in [-0.2, -0.15) is 0 Å². The number of carbonyl (C=O) groups excluding carboxylic acids is 4. The van der Waals surface area contributed by atoms with Crippen molar-refractivity contribution in [3.8, 4) is 0 Å². The predicted molar refractivity (Wildman–Crippen MR) is 240 cm³/mol. The summed E-state index contributed by atoms with van der Waals surface area (Å²) in [6, 6.07) is -0.745. The molecule has 21 atom stereocenters. The Morgan fingerprint density at radius 1 is 0.896 bits per heavy atom. The van der Waals surface area contributed by atoms with E-state index in [0.717, 1.165) is 0 Å². The van der Waals surface area contributed by atoms with E-state index in [0.29, 0.717) is 18.3 Å². The lowest BCUT2D eigenvalue weighted by atomic mass is 9.79. The number of aliphatic hydroxyl groups is 4. The van der Waals surface area contributed by atoms with Gasteiger partial charge < -0.3 is 77.5 Å². The van der Waals surface area contributed by atoms with Crippen LogP contribution in [0.5, 0.6) is 0 Å². The molecule has 0 radical (unpaired) electrons. The van der Waals surface area contributed by atoms with E-state index in [9.17, 15) is 39.6 Å². The van der Waals surface area contributed by atoms with Crippen molar-refractivity contribution in [2.75, 3.05) is 34.9 Å². The molecule has 4 aliphatic heterocycles. The maximum absolute atomic E-state index is 13.9. The molecular weight excluding hydrogens is 879 g/mol. The minimum atomic E-state index is -1.52. The van der Waals surface area contributed by atoms with Crippen LogP contribution >= 0.6 is 0 Å². The Morgan fingerprint density at radius 2 is 1.55 bits per heavy atom. The summed E-state index contributed by atoms with van der Waals surface area (Å²) >= 11 is 0. The first kappa shape index (κ1) is 56.8. The number of ether oxygens (including phenoxy) is 10. The number of esters is 2. The second-order valence-electron chi connectivity index (χ2n) is 19.3. The first-order valence-electron chi connectivity index (χ1n) is 23.6. The van der Waals surface area contributed by atoms with Crippen molar-refractivity contribution in [3.05, 3.63) is 23.8 Å². The summed E-state index contributed by atoms with van der Waals surface area (Å²) in [6.07, 6.45) is -8.74. The van der Waals surface area contributed by atoms with Gasteiger partial charge in [-0.15, -0.1) is 0 Å². The normalized spacial score (nSPS) is 43.0. The summed E-state index contributed by atoms with van der Waals surface area (Å²) in [5.74, 6) is -4.40. The van der Waals surface area contributed by atoms with Gasteiger partial charge in [-0.05, 0) is 73.5 Å². The fraction of sp³-hybridized carbons (Fsp3) is 0.833. The second kappa shape index (κ2) is 25.4. The van der Waals surface area contributed by atoms with Gasteiger partial charge in [-0.25, -0.2) is 0 Å². The number of aliphatic hydroxyl groups excluding tert-OH is 3. The monoisotopic (exact) mass is 958 g/mol. The molecule has 0 bridgehead atoms. The highest BCUT2D eigenvalue weighted by molar-refractivity contribution is 5.91. The summed E-state index contributed by atoms with van der Waals surface area (Å²) in [5.41, 5.74) is -0.849. The zero-order valence-electron chi connectivity index (χ0n) is 41.6. The average molecular weight is 958 g/mol. The van der Waals surface area contributed by atoms with Crippen molar-refractivity contribution < 1.29 is 87.0 Å². The number of methoxy groups -OCH3 is 2. The third kappa shape index (κ3) is 14.6. The molecule has 67 heavy (non-hydrogen) atoms. The lowest BCUT2D eigenvalue weighted by Gasteiger charge is -2.50. The van der Waals surface area contributed by atoms with Crippen LogP contribution in [0, 0.1) is 23.7 Å².